The second-order valence-corrected chi connectivity index (χ2v) is 6.78. The summed E-state index contributed by atoms with van der Waals surface area (Å²) in [5.41, 5.74) is 0. The molecule has 0 aromatic carbocycles. The van der Waals surface area contributed by atoms with Crippen molar-refractivity contribution in [1.82, 2.24) is 14.7 Å². The van der Waals surface area contributed by atoms with Gasteiger partial charge in [-0.15, -0.1) is 0 Å². The van der Waals surface area contributed by atoms with E-state index in [9.17, 15) is 4.79 Å². The van der Waals surface area contributed by atoms with Crippen molar-refractivity contribution in [3.05, 3.63) is 0 Å². The maximum absolute atomic E-state index is 12.0. The Balaban J connectivity index is 1.81. The highest BCUT2D eigenvalue weighted by atomic mass is 16.2. The van der Waals surface area contributed by atoms with Crippen LogP contribution >= 0.6 is 0 Å². The van der Waals surface area contributed by atoms with Crippen molar-refractivity contribution in [2.75, 3.05) is 33.9 Å². The first-order chi connectivity index (χ1) is 8.97. The van der Waals surface area contributed by atoms with E-state index in [2.05, 4.69) is 37.7 Å². The monoisotopic (exact) mass is 267 g/mol. The summed E-state index contributed by atoms with van der Waals surface area (Å²) >= 11 is 0. The summed E-state index contributed by atoms with van der Waals surface area (Å²) in [5, 5.41) is 0. The van der Waals surface area contributed by atoms with Gasteiger partial charge in [-0.1, -0.05) is 0 Å². The van der Waals surface area contributed by atoms with Gasteiger partial charge in [-0.2, -0.15) is 0 Å². The zero-order valence-electron chi connectivity index (χ0n) is 12.9. The van der Waals surface area contributed by atoms with Gasteiger partial charge in [-0.25, -0.2) is 0 Å². The van der Waals surface area contributed by atoms with Gasteiger partial charge in [0.25, 0.3) is 0 Å². The van der Waals surface area contributed by atoms with Gasteiger partial charge < -0.3 is 9.80 Å². The molecule has 110 valence electrons. The molecule has 0 aromatic rings. The van der Waals surface area contributed by atoms with Crippen LogP contribution in [0.3, 0.4) is 0 Å². The van der Waals surface area contributed by atoms with Gasteiger partial charge in [0.1, 0.15) is 0 Å². The Bertz CT molecular complexity index is 309. The predicted octanol–water partition coefficient (Wildman–Crippen LogP) is 1.62. The molecule has 1 aliphatic heterocycles. The van der Waals surface area contributed by atoms with E-state index in [4.69, 9.17) is 0 Å². The maximum atomic E-state index is 12.0. The van der Waals surface area contributed by atoms with Crippen LogP contribution < -0.4 is 0 Å². The van der Waals surface area contributed by atoms with Crippen molar-refractivity contribution in [2.45, 2.75) is 51.6 Å². The minimum Gasteiger partial charge on any atom is -0.326 e. The van der Waals surface area contributed by atoms with Crippen molar-refractivity contribution < 1.29 is 4.79 Å². The zero-order valence-corrected chi connectivity index (χ0v) is 12.9. The SMILES string of the molecule is CC(C)N1CN(C2CCC(CN(C)C)CC2)CC1=O. The van der Waals surface area contributed by atoms with Crippen LogP contribution in [0.4, 0.5) is 0 Å². The molecule has 1 heterocycles. The van der Waals surface area contributed by atoms with Crippen LogP contribution in [0.15, 0.2) is 0 Å². The Morgan fingerprint density at radius 1 is 1.21 bits per heavy atom. The zero-order chi connectivity index (χ0) is 14.0. The van der Waals surface area contributed by atoms with Crippen LogP contribution in [0.5, 0.6) is 0 Å². The molecule has 4 nitrogen and oxygen atoms in total. The molecule has 2 aliphatic rings. The van der Waals surface area contributed by atoms with E-state index in [0.29, 0.717) is 24.5 Å². The average molecular weight is 267 g/mol. The lowest BCUT2D eigenvalue weighted by molar-refractivity contribution is -0.128. The summed E-state index contributed by atoms with van der Waals surface area (Å²) in [7, 11) is 4.32. The molecular weight excluding hydrogens is 238 g/mol. The van der Waals surface area contributed by atoms with Crippen molar-refractivity contribution >= 4 is 5.91 Å². The molecule has 2 rings (SSSR count). The summed E-state index contributed by atoms with van der Waals surface area (Å²) < 4.78 is 0. The summed E-state index contributed by atoms with van der Waals surface area (Å²) in [5.74, 6) is 1.16. The first kappa shape index (κ1) is 14.8. The quantitative estimate of drug-likeness (QED) is 0.774. The molecule has 0 N–H and O–H groups in total. The number of carbonyl (C=O) groups excluding carboxylic acids is 1. The third kappa shape index (κ3) is 3.69. The lowest BCUT2D eigenvalue weighted by Gasteiger charge is -2.35. The molecule has 1 saturated carbocycles. The first-order valence-electron chi connectivity index (χ1n) is 7.65. The van der Waals surface area contributed by atoms with E-state index in [1.807, 2.05) is 4.90 Å². The van der Waals surface area contributed by atoms with Crippen molar-refractivity contribution in [1.29, 1.82) is 0 Å². The Morgan fingerprint density at radius 2 is 1.84 bits per heavy atom. The minimum absolute atomic E-state index is 0.311. The second kappa shape index (κ2) is 6.23. The van der Waals surface area contributed by atoms with Crippen molar-refractivity contribution in [2.24, 2.45) is 5.92 Å². The molecule has 0 spiro atoms. The highest BCUT2D eigenvalue weighted by molar-refractivity contribution is 5.80. The molecule has 0 aromatic heterocycles. The predicted molar refractivity (Wildman–Crippen MR) is 77.9 cm³/mol. The Labute approximate surface area is 117 Å². The second-order valence-electron chi connectivity index (χ2n) is 6.78. The molecule has 2 fully saturated rings. The Morgan fingerprint density at radius 3 is 2.32 bits per heavy atom. The summed E-state index contributed by atoms with van der Waals surface area (Å²) in [6.07, 6.45) is 5.15. The first-order valence-corrected chi connectivity index (χ1v) is 7.65. The van der Waals surface area contributed by atoms with Crippen molar-refractivity contribution in [3.8, 4) is 0 Å². The van der Waals surface area contributed by atoms with Gasteiger partial charge in [0.2, 0.25) is 5.91 Å². The van der Waals surface area contributed by atoms with Crippen LogP contribution in [0.1, 0.15) is 39.5 Å². The van der Waals surface area contributed by atoms with E-state index < -0.39 is 0 Å². The van der Waals surface area contributed by atoms with Crippen LogP contribution in [0.25, 0.3) is 0 Å². The molecule has 1 aliphatic carbocycles. The molecular formula is C15H29N3O. The summed E-state index contributed by atoms with van der Waals surface area (Å²) in [6, 6.07) is 0.966. The normalized spacial score (nSPS) is 29.8. The van der Waals surface area contributed by atoms with E-state index >= 15 is 0 Å². The number of carbonyl (C=O) groups is 1. The Hall–Kier alpha value is -0.610. The van der Waals surface area contributed by atoms with Gasteiger partial charge in [0.05, 0.1) is 13.2 Å². The van der Waals surface area contributed by atoms with Gasteiger partial charge in [-0.3, -0.25) is 9.69 Å². The van der Waals surface area contributed by atoms with Gasteiger partial charge in [0, 0.05) is 18.6 Å². The van der Waals surface area contributed by atoms with Gasteiger partial charge in [0.15, 0.2) is 0 Å². The summed E-state index contributed by atoms with van der Waals surface area (Å²) in [6.45, 7) is 6.91. The molecule has 1 saturated heterocycles. The number of nitrogens with zero attached hydrogens (tertiary/aromatic N) is 3. The Kier molecular flexibility index (Phi) is 4.85. The minimum atomic E-state index is 0.311. The molecule has 0 unspecified atom stereocenters. The summed E-state index contributed by atoms with van der Waals surface area (Å²) in [4.78, 5) is 18.7. The molecule has 0 atom stereocenters. The average Bonchev–Trinajstić information content (AvgIpc) is 2.71. The van der Waals surface area contributed by atoms with E-state index in [1.165, 1.54) is 32.2 Å². The van der Waals surface area contributed by atoms with E-state index in [-0.39, 0.29) is 0 Å². The van der Waals surface area contributed by atoms with Crippen LogP contribution in [0, 0.1) is 5.92 Å². The van der Waals surface area contributed by atoms with Gasteiger partial charge in [-0.05, 0) is 59.5 Å². The molecule has 0 bridgehead atoms. The topological polar surface area (TPSA) is 26.8 Å². The standard InChI is InChI=1S/C15H29N3O/c1-12(2)18-11-17(10-15(18)19)14-7-5-13(6-8-14)9-16(3)4/h12-14H,5-11H2,1-4H3. The highest BCUT2D eigenvalue weighted by Crippen LogP contribution is 2.29. The number of hydrogen-bond acceptors (Lipinski definition) is 3. The van der Waals surface area contributed by atoms with Crippen LogP contribution in [0.2, 0.25) is 0 Å². The third-order valence-corrected chi connectivity index (χ3v) is 4.57. The number of amides is 1. The number of rotatable bonds is 4. The van der Waals surface area contributed by atoms with Crippen LogP contribution in [-0.4, -0.2) is 66.5 Å². The highest BCUT2D eigenvalue weighted by Gasteiger charge is 2.35. The fraction of sp³-hybridized carbons (Fsp3) is 0.933. The van der Waals surface area contributed by atoms with Crippen LogP contribution in [-0.2, 0) is 4.79 Å². The lowest BCUT2D eigenvalue weighted by Crippen LogP contribution is -2.40. The molecule has 0 radical (unpaired) electrons. The third-order valence-electron chi connectivity index (χ3n) is 4.57. The van der Waals surface area contributed by atoms with E-state index in [0.717, 1.165) is 12.6 Å². The smallest absolute Gasteiger partial charge is 0.238 e. The van der Waals surface area contributed by atoms with Gasteiger partial charge >= 0.3 is 0 Å². The molecule has 19 heavy (non-hydrogen) atoms. The molecule has 1 amide bonds. The fourth-order valence-corrected chi connectivity index (χ4v) is 3.49. The maximum Gasteiger partial charge on any atom is 0.238 e. The van der Waals surface area contributed by atoms with E-state index in [1.54, 1.807) is 0 Å². The molecule has 4 heteroatoms. The number of hydrogen-bond donors (Lipinski definition) is 0. The van der Waals surface area contributed by atoms with Crippen molar-refractivity contribution in [3.63, 3.8) is 0 Å². The largest absolute Gasteiger partial charge is 0.326 e. The fourth-order valence-electron chi connectivity index (χ4n) is 3.49. The lowest BCUT2D eigenvalue weighted by atomic mass is 9.85.